The van der Waals surface area contributed by atoms with Crippen LogP contribution in [0.1, 0.15) is 11.0 Å². The van der Waals surface area contributed by atoms with Crippen molar-refractivity contribution in [2.45, 2.75) is 6.17 Å². The predicted octanol–water partition coefficient (Wildman–Crippen LogP) is 1.19. The third-order valence-electron chi connectivity index (χ3n) is 1.33. The Balaban J connectivity index is 2.73. The fraction of sp³-hybridized carbons (Fsp3) is 0.333. The lowest BCUT2D eigenvalue weighted by atomic mass is 10.4. The molecular formula is C6H10BrN3S. The van der Waals surface area contributed by atoms with Gasteiger partial charge in [-0.3, -0.25) is 11.2 Å². The molecule has 1 aromatic heterocycles. The van der Waals surface area contributed by atoms with E-state index in [-0.39, 0.29) is 6.17 Å². The molecule has 0 fully saturated rings. The molecule has 0 saturated heterocycles. The van der Waals surface area contributed by atoms with Crippen LogP contribution in [-0.4, -0.2) is 7.05 Å². The van der Waals surface area contributed by atoms with Crippen LogP contribution in [0, 0.1) is 0 Å². The monoisotopic (exact) mass is 235 g/mol. The quantitative estimate of drug-likeness (QED) is 0.420. The zero-order valence-corrected chi connectivity index (χ0v) is 8.50. The van der Waals surface area contributed by atoms with Crippen LogP contribution in [0.25, 0.3) is 0 Å². The Hall–Kier alpha value is 0.0600. The van der Waals surface area contributed by atoms with Gasteiger partial charge in [0.2, 0.25) is 0 Å². The van der Waals surface area contributed by atoms with Gasteiger partial charge in [0, 0.05) is 4.88 Å². The minimum Gasteiger partial charge on any atom is -0.300 e. The summed E-state index contributed by atoms with van der Waals surface area (Å²) in [5.74, 6) is 5.30. The van der Waals surface area contributed by atoms with Gasteiger partial charge in [-0.05, 0) is 35.1 Å². The fourth-order valence-electron chi connectivity index (χ4n) is 0.791. The normalized spacial score (nSPS) is 13.4. The minimum atomic E-state index is 0.0475. The summed E-state index contributed by atoms with van der Waals surface area (Å²) in [4.78, 5) is 1.17. The molecule has 0 aliphatic rings. The average Bonchev–Trinajstić information content (AvgIpc) is 2.39. The van der Waals surface area contributed by atoms with Gasteiger partial charge >= 0.3 is 0 Å². The van der Waals surface area contributed by atoms with Crippen molar-refractivity contribution >= 4 is 27.3 Å². The van der Waals surface area contributed by atoms with Crippen LogP contribution in [0.2, 0.25) is 0 Å². The van der Waals surface area contributed by atoms with E-state index in [1.807, 2.05) is 19.2 Å². The van der Waals surface area contributed by atoms with Crippen molar-refractivity contribution in [3.05, 3.63) is 20.8 Å². The topological polar surface area (TPSA) is 50.1 Å². The molecule has 0 amide bonds. The zero-order valence-electron chi connectivity index (χ0n) is 6.10. The molecule has 1 unspecified atom stereocenters. The van der Waals surface area contributed by atoms with Crippen molar-refractivity contribution in [2.75, 3.05) is 7.05 Å². The standard InChI is InChI=1S/C6H10BrN3S/c1-9-6(10-8)4-2-3-5(7)11-4/h2-3,6,9-10H,8H2,1H3. The first-order valence-corrected chi connectivity index (χ1v) is 4.77. The lowest BCUT2D eigenvalue weighted by molar-refractivity contribution is 0.496. The van der Waals surface area contributed by atoms with Crippen LogP contribution >= 0.6 is 27.3 Å². The zero-order chi connectivity index (χ0) is 8.27. The Bertz CT molecular complexity index is 221. The molecule has 1 heterocycles. The maximum absolute atomic E-state index is 5.30. The molecule has 0 spiro atoms. The summed E-state index contributed by atoms with van der Waals surface area (Å²) in [7, 11) is 1.86. The molecular weight excluding hydrogens is 226 g/mol. The maximum Gasteiger partial charge on any atom is 0.105 e. The van der Waals surface area contributed by atoms with Gasteiger partial charge in [0.1, 0.15) is 6.17 Å². The largest absolute Gasteiger partial charge is 0.300 e. The number of rotatable bonds is 3. The first kappa shape index (κ1) is 9.15. The summed E-state index contributed by atoms with van der Waals surface area (Å²) in [6.07, 6.45) is 0.0475. The molecule has 1 atom stereocenters. The number of hydrazine groups is 1. The molecule has 0 aliphatic carbocycles. The molecule has 11 heavy (non-hydrogen) atoms. The first-order valence-electron chi connectivity index (χ1n) is 3.16. The number of hydrogen-bond donors (Lipinski definition) is 3. The molecule has 0 radical (unpaired) electrons. The van der Waals surface area contributed by atoms with Gasteiger partial charge in [0.05, 0.1) is 3.79 Å². The van der Waals surface area contributed by atoms with E-state index in [1.165, 1.54) is 4.88 Å². The van der Waals surface area contributed by atoms with E-state index >= 15 is 0 Å². The second kappa shape index (κ2) is 4.18. The first-order chi connectivity index (χ1) is 5.27. The summed E-state index contributed by atoms with van der Waals surface area (Å²) in [5.41, 5.74) is 2.66. The van der Waals surface area contributed by atoms with Crippen LogP contribution in [0.3, 0.4) is 0 Å². The highest BCUT2D eigenvalue weighted by atomic mass is 79.9. The second-order valence-electron chi connectivity index (χ2n) is 2.03. The van der Waals surface area contributed by atoms with Gasteiger partial charge in [-0.15, -0.1) is 11.3 Å². The van der Waals surface area contributed by atoms with E-state index in [1.54, 1.807) is 11.3 Å². The van der Waals surface area contributed by atoms with Crippen molar-refractivity contribution in [3.8, 4) is 0 Å². The van der Waals surface area contributed by atoms with E-state index < -0.39 is 0 Å². The predicted molar refractivity (Wildman–Crippen MR) is 51.1 cm³/mol. The summed E-state index contributed by atoms with van der Waals surface area (Å²) in [6.45, 7) is 0. The molecule has 0 bridgehead atoms. The number of nitrogens with one attached hydrogen (secondary N) is 2. The van der Waals surface area contributed by atoms with Crippen molar-refractivity contribution in [1.82, 2.24) is 10.7 Å². The number of thiophene rings is 1. The smallest absolute Gasteiger partial charge is 0.105 e. The Morgan fingerprint density at radius 2 is 2.36 bits per heavy atom. The maximum atomic E-state index is 5.30. The third-order valence-corrected chi connectivity index (χ3v) is 3.02. The summed E-state index contributed by atoms with van der Waals surface area (Å²) >= 11 is 5.04. The molecule has 5 heteroatoms. The van der Waals surface area contributed by atoms with Crippen LogP contribution < -0.4 is 16.6 Å². The van der Waals surface area contributed by atoms with Crippen LogP contribution in [0.4, 0.5) is 0 Å². The summed E-state index contributed by atoms with van der Waals surface area (Å²) in [5, 5.41) is 3.03. The Morgan fingerprint density at radius 1 is 1.64 bits per heavy atom. The van der Waals surface area contributed by atoms with Gasteiger partial charge in [-0.2, -0.15) is 0 Å². The number of halogens is 1. The highest BCUT2D eigenvalue weighted by Gasteiger charge is 2.07. The lowest BCUT2D eigenvalue weighted by Gasteiger charge is -2.11. The number of hydrogen-bond acceptors (Lipinski definition) is 4. The molecule has 3 nitrogen and oxygen atoms in total. The Morgan fingerprint density at radius 3 is 2.73 bits per heavy atom. The Labute approximate surface area is 78.1 Å². The summed E-state index contributed by atoms with van der Waals surface area (Å²) in [6, 6.07) is 4.03. The van der Waals surface area contributed by atoms with Crippen LogP contribution in [-0.2, 0) is 0 Å². The molecule has 0 aromatic carbocycles. The van der Waals surface area contributed by atoms with E-state index in [0.717, 1.165) is 3.79 Å². The highest BCUT2D eigenvalue weighted by Crippen LogP contribution is 2.25. The summed E-state index contributed by atoms with van der Waals surface area (Å²) < 4.78 is 1.11. The SMILES string of the molecule is CNC(NN)c1ccc(Br)s1. The van der Waals surface area contributed by atoms with Gasteiger partial charge in [0.25, 0.3) is 0 Å². The van der Waals surface area contributed by atoms with Gasteiger partial charge in [-0.1, -0.05) is 0 Å². The van der Waals surface area contributed by atoms with Gasteiger partial charge < -0.3 is 0 Å². The highest BCUT2D eigenvalue weighted by molar-refractivity contribution is 9.11. The van der Waals surface area contributed by atoms with Crippen molar-refractivity contribution in [1.29, 1.82) is 0 Å². The average molecular weight is 236 g/mol. The molecule has 1 aromatic rings. The van der Waals surface area contributed by atoms with Crippen molar-refractivity contribution in [2.24, 2.45) is 5.84 Å². The molecule has 4 N–H and O–H groups in total. The van der Waals surface area contributed by atoms with Crippen molar-refractivity contribution < 1.29 is 0 Å². The number of nitrogens with two attached hydrogens (primary N) is 1. The molecule has 0 aliphatic heterocycles. The van der Waals surface area contributed by atoms with Crippen molar-refractivity contribution in [3.63, 3.8) is 0 Å². The van der Waals surface area contributed by atoms with Gasteiger partial charge in [-0.25, -0.2) is 5.43 Å². The third kappa shape index (κ3) is 2.25. The van der Waals surface area contributed by atoms with Crippen LogP contribution in [0.5, 0.6) is 0 Å². The molecule has 0 saturated carbocycles. The van der Waals surface area contributed by atoms with E-state index in [0.29, 0.717) is 0 Å². The minimum absolute atomic E-state index is 0.0475. The lowest BCUT2D eigenvalue weighted by Crippen LogP contribution is -2.35. The molecule has 62 valence electrons. The van der Waals surface area contributed by atoms with E-state index in [2.05, 4.69) is 26.7 Å². The molecule has 1 rings (SSSR count). The van der Waals surface area contributed by atoms with E-state index in [4.69, 9.17) is 5.84 Å². The van der Waals surface area contributed by atoms with Crippen LogP contribution in [0.15, 0.2) is 15.9 Å². The fourth-order valence-corrected chi connectivity index (χ4v) is 2.29. The Kier molecular flexibility index (Phi) is 3.47. The van der Waals surface area contributed by atoms with E-state index in [9.17, 15) is 0 Å². The van der Waals surface area contributed by atoms with Gasteiger partial charge in [0.15, 0.2) is 0 Å². The second-order valence-corrected chi connectivity index (χ2v) is 4.52.